The fourth-order valence-corrected chi connectivity index (χ4v) is 4.38. The van der Waals surface area contributed by atoms with E-state index in [-0.39, 0.29) is 17.5 Å². The van der Waals surface area contributed by atoms with Crippen LogP contribution in [0.15, 0.2) is 36.5 Å². The number of anilines is 2. The van der Waals surface area contributed by atoms with Gasteiger partial charge in [0.25, 0.3) is 0 Å². The summed E-state index contributed by atoms with van der Waals surface area (Å²) in [6.45, 7) is 0.748. The van der Waals surface area contributed by atoms with Gasteiger partial charge in [0.1, 0.15) is 0 Å². The van der Waals surface area contributed by atoms with Crippen LogP contribution in [0, 0.1) is 0 Å². The molecule has 2 aromatic rings. The highest BCUT2D eigenvalue weighted by Crippen LogP contribution is 2.16. The molecule has 2 heterocycles. The van der Waals surface area contributed by atoms with Gasteiger partial charge in [-0.15, -0.1) is 5.10 Å². The maximum Gasteiger partial charge on any atom is 0.244 e. The molecule has 0 saturated carbocycles. The summed E-state index contributed by atoms with van der Waals surface area (Å²) in [5, 5.41) is 14.1. The summed E-state index contributed by atoms with van der Waals surface area (Å²) in [5.74, 6) is 1.39. The zero-order valence-electron chi connectivity index (χ0n) is 13.4. The minimum absolute atomic E-state index is 0.0994. The van der Waals surface area contributed by atoms with Crippen LogP contribution in [0.1, 0.15) is 18.4 Å². The van der Waals surface area contributed by atoms with Crippen LogP contribution in [0.3, 0.4) is 0 Å². The number of nitrogens with one attached hydrogen (secondary N) is 2. The van der Waals surface area contributed by atoms with Crippen molar-refractivity contribution in [1.82, 2.24) is 15.2 Å². The second-order valence-corrected chi connectivity index (χ2v) is 8.15. The molecule has 1 aliphatic heterocycles. The van der Waals surface area contributed by atoms with Gasteiger partial charge in [-0.1, -0.05) is 30.3 Å². The number of nitrogens with zero attached hydrogens (tertiary/aromatic N) is 3. The SMILES string of the molecule is O=S1(=O)CCC(Nc2cnnc(NCCCc3ccccc3)n2)C1. The molecule has 8 heteroatoms. The molecule has 0 amide bonds. The summed E-state index contributed by atoms with van der Waals surface area (Å²) in [5.41, 5.74) is 1.30. The highest BCUT2D eigenvalue weighted by molar-refractivity contribution is 7.91. The summed E-state index contributed by atoms with van der Waals surface area (Å²) < 4.78 is 23.0. The third-order valence-corrected chi connectivity index (χ3v) is 5.68. The van der Waals surface area contributed by atoms with Crippen LogP contribution in [0.5, 0.6) is 0 Å². The zero-order valence-corrected chi connectivity index (χ0v) is 14.2. The van der Waals surface area contributed by atoms with Crippen molar-refractivity contribution in [2.45, 2.75) is 25.3 Å². The molecule has 0 radical (unpaired) electrons. The molecule has 1 aromatic heterocycles. The van der Waals surface area contributed by atoms with E-state index < -0.39 is 9.84 Å². The lowest BCUT2D eigenvalue weighted by molar-refractivity contribution is 0.602. The van der Waals surface area contributed by atoms with E-state index in [1.165, 1.54) is 11.8 Å². The number of aryl methyl sites for hydroxylation is 1. The van der Waals surface area contributed by atoms with Crippen molar-refractivity contribution in [2.24, 2.45) is 0 Å². The van der Waals surface area contributed by atoms with E-state index in [4.69, 9.17) is 0 Å². The Morgan fingerprint density at radius 2 is 2.04 bits per heavy atom. The van der Waals surface area contributed by atoms with Gasteiger partial charge in [0.2, 0.25) is 5.95 Å². The number of benzene rings is 1. The van der Waals surface area contributed by atoms with Crippen molar-refractivity contribution in [2.75, 3.05) is 28.7 Å². The minimum Gasteiger partial charge on any atom is -0.365 e. The fourth-order valence-electron chi connectivity index (χ4n) is 2.70. The van der Waals surface area contributed by atoms with E-state index in [1.807, 2.05) is 18.2 Å². The molecule has 2 N–H and O–H groups in total. The third-order valence-electron chi connectivity index (χ3n) is 3.91. The molecule has 1 aromatic carbocycles. The van der Waals surface area contributed by atoms with Gasteiger partial charge in [0, 0.05) is 12.6 Å². The van der Waals surface area contributed by atoms with Gasteiger partial charge in [0.15, 0.2) is 15.7 Å². The molecule has 7 nitrogen and oxygen atoms in total. The number of rotatable bonds is 7. The van der Waals surface area contributed by atoms with Crippen LogP contribution < -0.4 is 10.6 Å². The minimum atomic E-state index is -2.91. The van der Waals surface area contributed by atoms with Crippen molar-refractivity contribution in [3.05, 3.63) is 42.1 Å². The Morgan fingerprint density at radius 1 is 1.21 bits per heavy atom. The summed E-state index contributed by atoms with van der Waals surface area (Å²) >= 11 is 0. The Labute approximate surface area is 141 Å². The molecule has 128 valence electrons. The number of hydrogen-bond acceptors (Lipinski definition) is 7. The van der Waals surface area contributed by atoms with Crippen LogP contribution >= 0.6 is 0 Å². The zero-order chi connectivity index (χ0) is 16.8. The first-order valence-corrected chi connectivity index (χ1v) is 9.87. The topological polar surface area (TPSA) is 96.9 Å². The van der Waals surface area contributed by atoms with Gasteiger partial charge in [-0.05, 0) is 24.8 Å². The van der Waals surface area contributed by atoms with Crippen LogP contribution in [0.2, 0.25) is 0 Å². The van der Waals surface area contributed by atoms with Gasteiger partial charge in [-0.3, -0.25) is 0 Å². The van der Waals surface area contributed by atoms with E-state index >= 15 is 0 Å². The Kier molecular flexibility index (Phi) is 5.24. The molecule has 24 heavy (non-hydrogen) atoms. The second kappa shape index (κ2) is 7.57. The smallest absolute Gasteiger partial charge is 0.244 e. The molecule has 3 rings (SSSR count). The average molecular weight is 347 g/mol. The van der Waals surface area contributed by atoms with Gasteiger partial charge >= 0.3 is 0 Å². The summed E-state index contributed by atoms with van der Waals surface area (Å²) in [6, 6.07) is 10.2. The lowest BCUT2D eigenvalue weighted by Crippen LogP contribution is -2.22. The number of hydrogen-bond donors (Lipinski definition) is 2. The largest absolute Gasteiger partial charge is 0.365 e. The van der Waals surface area contributed by atoms with E-state index in [0.717, 1.165) is 19.4 Å². The molecule has 0 aliphatic carbocycles. The second-order valence-electron chi connectivity index (χ2n) is 5.93. The Bertz CT molecular complexity index is 767. The van der Waals surface area contributed by atoms with Gasteiger partial charge in [0.05, 0.1) is 17.7 Å². The quantitative estimate of drug-likeness (QED) is 0.733. The maximum atomic E-state index is 11.5. The summed E-state index contributed by atoms with van der Waals surface area (Å²) in [4.78, 5) is 4.34. The molecule has 1 fully saturated rings. The van der Waals surface area contributed by atoms with Crippen LogP contribution in [0.25, 0.3) is 0 Å². The third kappa shape index (κ3) is 4.89. The molecule has 1 unspecified atom stereocenters. The fraction of sp³-hybridized carbons (Fsp3) is 0.438. The van der Waals surface area contributed by atoms with E-state index in [9.17, 15) is 8.42 Å². The lowest BCUT2D eigenvalue weighted by Gasteiger charge is -2.11. The monoisotopic (exact) mass is 347 g/mol. The average Bonchev–Trinajstić information content (AvgIpc) is 2.92. The van der Waals surface area contributed by atoms with Crippen molar-refractivity contribution in [3.8, 4) is 0 Å². The number of aromatic nitrogens is 3. The summed E-state index contributed by atoms with van der Waals surface area (Å²) in [6.07, 6.45) is 4.07. The standard InChI is InChI=1S/C16H21N5O2S/c22-24(23)10-8-14(12-24)19-15-11-18-21-16(20-15)17-9-4-7-13-5-2-1-3-6-13/h1-3,5-6,11,14H,4,7-10,12H2,(H2,17,19,20,21). The van der Waals surface area contributed by atoms with E-state index in [2.05, 4.69) is 37.9 Å². The highest BCUT2D eigenvalue weighted by Gasteiger charge is 2.28. The molecular weight excluding hydrogens is 326 g/mol. The first kappa shape index (κ1) is 16.6. The predicted molar refractivity (Wildman–Crippen MR) is 93.8 cm³/mol. The molecule has 1 saturated heterocycles. The first-order chi connectivity index (χ1) is 11.6. The van der Waals surface area contributed by atoms with Crippen molar-refractivity contribution in [3.63, 3.8) is 0 Å². The molecular formula is C16H21N5O2S. The molecule has 1 atom stereocenters. The first-order valence-electron chi connectivity index (χ1n) is 8.05. The lowest BCUT2D eigenvalue weighted by atomic mass is 10.1. The van der Waals surface area contributed by atoms with Crippen LogP contribution in [0.4, 0.5) is 11.8 Å². The van der Waals surface area contributed by atoms with Crippen molar-refractivity contribution < 1.29 is 8.42 Å². The predicted octanol–water partition coefficient (Wildman–Crippen LogP) is 1.52. The Morgan fingerprint density at radius 3 is 2.79 bits per heavy atom. The Balaban J connectivity index is 1.47. The van der Waals surface area contributed by atoms with Crippen molar-refractivity contribution in [1.29, 1.82) is 0 Å². The van der Waals surface area contributed by atoms with Gasteiger partial charge < -0.3 is 10.6 Å². The Hall–Kier alpha value is -2.22. The molecule has 1 aliphatic rings. The van der Waals surface area contributed by atoms with Gasteiger partial charge in [-0.2, -0.15) is 10.1 Å². The van der Waals surface area contributed by atoms with Crippen LogP contribution in [-0.2, 0) is 16.3 Å². The molecule has 0 spiro atoms. The highest BCUT2D eigenvalue weighted by atomic mass is 32.2. The van der Waals surface area contributed by atoms with Crippen molar-refractivity contribution >= 4 is 21.6 Å². The normalized spacial score (nSPS) is 19.1. The molecule has 0 bridgehead atoms. The number of sulfone groups is 1. The van der Waals surface area contributed by atoms with E-state index in [0.29, 0.717) is 18.2 Å². The maximum absolute atomic E-state index is 11.5. The summed E-state index contributed by atoms with van der Waals surface area (Å²) in [7, 11) is -2.91. The van der Waals surface area contributed by atoms with Gasteiger partial charge in [-0.25, -0.2) is 8.42 Å². The van der Waals surface area contributed by atoms with Crippen LogP contribution in [-0.4, -0.2) is 47.7 Å². The van der Waals surface area contributed by atoms with E-state index in [1.54, 1.807) is 0 Å².